The predicted octanol–water partition coefficient (Wildman–Crippen LogP) is 3.04. The number of hydrogen-bond donors (Lipinski definition) is 4. The lowest BCUT2D eigenvalue weighted by Crippen LogP contribution is -2.48. The maximum absolute atomic E-state index is 13.1. The molecule has 0 saturated heterocycles. The molecule has 13 heteroatoms. The van der Waals surface area contributed by atoms with Crippen molar-refractivity contribution in [2.75, 3.05) is 26.2 Å². The molecule has 13 nitrogen and oxygen atoms in total. The third kappa shape index (κ3) is 14.0. The van der Waals surface area contributed by atoms with E-state index >= 15 is 0 Å². The Labute approximate surface area is 244 Å². The minimum Gasteiger partial charge on any atom is -0.480 e. The quantitative estimate of drug-likeness (QED) is 0.243. The zero-order valence-corrected chi connectivity index (χ0v) is 24.0. The Bertz CT molecular complexity index is 1110. The summed E-state index contributed by atoms with van der Waals surface area (Å²) in [6.07, 6.45) is -2.99. The van der Waals surface area contributed by atoms with Gasteiger partial charge in [0.15, 0.2) is 0 Å². The molecular formula is C29H38N4O9. The minimum atomic E-state index is -1.57. The second-order valence-electron chi connectivity index (χ2n) is 10.1. The normalized spacial score (nSPS) is 11.4. The Hall–Kier alpha value is -4.81. The molecule has 0 aliphatic rings. The van der Waals surface area contributed by atoms with E-state index in [1.54, 1.807) is 45.0 Å². The van der Waals surface area contributed by atoms with Gasteiger partial charge in [-0.3, -0.25) is 4.79 Å². The summed E-state index contributed by atoms with van der Waals surface area (Å²) in [6.45, 7) is 4.87. The van der Waals surface area contributed by atoms with Crippen LogP contribution in [0.5, 0.6) is 0 Å². The van der Waals surface area contributed by atoms with Crippen LogP contribution in [0.1, 0.15) is 38.3 Å². The lowest BCUT2D eigenvalue weighted by Gasteiger charge is -2.26. The summed E-state index contributed by atoms with van der Waals surface area (Å²) in [4.78, 5) is 62.4. The molecule has 0 aliphatic carbocycles. The third-order valence-corrected chi connectivity index (χ3v) is 5.45. The number of hydrogen-bond acceptors (Lipinski definition) is 8. The van der Waals surface area contributed by atoms with Crippen LogP contribution in [0, 0.1) is 0 Å². The summed E-state index contributed by atoms with van der Waals surface area (Å²) >= 11 is 0. The fraction of sp³-hybridized carbons (Fsp3) is 0.414. The molecule has 2 aromatic rings. The molecule has 0 bridgehead atoms. The molecule has 4 amide bonds. The summed E-state index contributed by atoms with van der Waals surface area (Å²) in [6, 6.07) is 16.6. The van der Waals surface area contributed by atoms with Crippen molar-refractivity contribution < 1.29 is 43.3 Å². The van der Waals surface area contributed by atoms with Gasteiger partial charge in [0.2, 0.25) is 5.91 Å². The number of carbonyl (C=O) groups excluding carboxylic acids is 4. The second kappa shape index (κ2) is 17.1. The van der Waals surface area contributed by atoms with Crippen LogP contribution in [-0.4, -0.2) is 78.0 Å². The van der Waals surface area contributed by atoms with Crippen molar-refractivity contribution in [3.05, 3.63) is 71.8 Å². The summed E-state index contributed by atoms with van der Waals surface area (Å²) in [5.74, 6) is -2.07. The summed E-state index contributed by atoms with van der Waals surface area (Å²) in [5, 5.41) is 16.8. The van der Waals surface area contributed by atoms with E-state index in [1.165, 1.54) is 4.90 Å². The number of nitrogens with one attached hydrogen (secondary N) is 3. The first-order valence-electron chi connectivity index (χ1n) is 13.3. The van der Waals surface area contributed by atoms with Gasteiger partial charge in [0, 0.05) is 26.2 Å². The molecule has 0 aromatic heterocycles. The Morgan fingerprint density at radius 3 is 1.62 bits per heavy atom. The van der Waals surface area contributed by atoms with E-state index in [0.717, 1.165) is 11.1 Å². The van der Waals surface area contributed by atoms with Gasteiger partial charge in [0.25, 0.3) is 0 Å². The van der Waals surface area contributed by atoms with Gasteiger partial charge in [-0.2, -0.15) is 0 Å². The zero-order chi connectivity index (χ0) is 31.0. The number of carboxylic acid groups (broad SMARTS) is 1. The van der Waals surface area contributed by atoms with Crippen LogP contribution in [-0.2, 0) is 37.0 Å². The van der Waals surface area contributed by atoms with Crippen molar-refractivity contribution >= 4 is 30.2 Å². The molecule has 0 radical (unpaired) electrons. The van der Waals surface area contributed by atoms with Crippen molar-refractivity contribution in [3.8, 4) is 0 Å². The van der Waals surface area contributed by atoms with Gasteiger partial charge in [-0.1, -0.05) is 60.7 Å². The SMILES string of the molecule is CC(C)(C)OC(=O)N[C@@H](CC(=O)N(CCNC(=O)OCc1ccccc1)CCNC(=O)OCc1ccccc1)C(=O)O. The number of carbonyl (C=O) groups is 5. The lowest BCUT2D eigenvalue weighted by molar-refractivity contribution is -0.143. The minimum absolute atomic E-state index is 0.0188. The maximum atomic E-state index is 13.1. The third-order valence-electron chi connectivity index (χ3n) is 5.45. The Kier molecular flexibility index (Phi) is 13.6. The number of alkyl carbamates (subject to hydrolysis) is 3. The molecule has 0 spiro atoms. The van der Waals surface area contributed by atoms with Gasteiger partial charge >= 0.3 is 24.2 Å². The van der Waals surface area contributed by atoms with Crippen molar-refractivity contribution in [2.45, 2.75) is 52.0 Å². The standard InChI is InChI=1S/C29H38N4O9/c1-29(2,3)42-28(39)32-23(25(35)36)18-24(34)33(16-14-30-26(37)40-19-21-10-6-4-7-11-21)17-15-31-27(38)41-20-22-12-8-5-9-13-22/h4-13,23H,14-20H2,1-3H3,(H,30,37)(H,31,38)(H,32,39)(H,35,36)/t23-/m0/s1. The molecule has 0 unspecified atom stereocenters. The first kappa shape index (κ1) is 33.4. The van der Waals surface area contributed by atoms with Crippen LogP contribution in [0.15, 0.2) is 60.7 Å². The first-order valence-corrected chi connectivity index (χ1v) is 13.3. The van der Waals surface area contributed by atoms with E-state index in [9.17, 15) is 29.1 Å². The molecule has 42 heavy (non-hydrogen) atoms. The highest BCUT2D eigenvalue weighted by Gasteiger charge is 2.28. The smallest absolute Gasteiger partial charge is 0.408 e. The van der Waals surface area contributed by atoms with Crippen LogP contribution in [0.4, 0.5) is 14.4 Å². The number of ether oxygens (including phenoxy) is 3. The molecule has 0 heterocycles. The topological polar surface area (TPSA) is 173 Å². The van der Waals surface area contributed by atoms with E-state index < -0.39 is 48.2 Å². The molecule has 0 saturated carbocycles. The summed E-state index contributed by atoms with van der Waals surface area (Å²) < 4.78 is 15.4. The van der Waals surface area contributed by atoms with E-state index in [1.807, 2.05) is 36.4 Å². The molecule has 4 N–H and O–H groups in total. The summed E-state index contributed by atoms with van der Waals surface area (Å²) in [7, 11) is 0. The number of amides is 4. The van der Waals surface area contributed by atoms with Gasteiger partial charge in [-0.15, -0.1) is 0 Å². The van der Waals surface area contributed by atoms with Crippen molar-refractivity contribution in [1.29, 1.82) is 0 Å². The predicted molar refractivity (Wildman–Crippen MR) is 151 cm³/mol. The number of aliphatic carboxylic acids is 1. The molecule has 2 aromatic carbocycles. The molecule has 0 fully saturated rings. The number of carboxylic acids is 1. The maximum Gasteiger partial charge on any atom is 0.408 e. The van der Waals surface area contributed by atoms with E-state index in [2.05, 4.69) is 16.0 Å². The van der Waals surface area contributed by atoms with Crippen LogP contribution in [0.3, 0.4) is 0 Å². The van der Waals surface area contributed by atoms with E-state index in [4.69, 9.17) is 14.2 Å². The van der Waals surface area contributed by atoms with Crippen LogP contribution in [0.2, 0.25) is 0 Å². The first-order chi connectivity index (χ1) is 19.9. The van der Waals surface area contributed by atoms with Crippen LogP contribution < -0.4 is 16.0 Å². The van der Waals surface area contributed by atoms with Crippen LogP contribution in [0.25, 0.3) is 0 Å². The fourth-order valence-corrected chi connectivity index (χ4v) is 3.45. The van der Waals surface area contributed by atoms with Crippen molar-refractivity contribution in [2.24, 2.45) is 0 Å². The van der Waals surface area contributed by atoms with Gasteiger partial charge < -0.3 is 40.2 Å². The molecule has 0 aliphatic heterocycles. The number of nitrogens with zero attached hydrogens (tertiary/aromatic N) is 1. The van der Waals surface area contributed by atoms with Gasteiger partial charge in [-0.25, -0.2) is 19.2 Å². The largest absolute Gasteiger partial charge is 0.480 e. The monoisotopic (exact) mass is 586 g/mol. The van der Waals surface area contributed by atoms with Gasteiger partial charge in [0.1, 0.15) is 24.9 Å². The van der Waals surface area contributed by atoms with E-state index in [0.29, 0.717) is 0 Å². The van der Waals surface area contributed by atoms with Crippen LogP contribution >= 0.6 is 0 Å². The lowest BCUT2D eigenvalue weighted by atomic mass is 10.2. The Morgan fingerprint density at radius 2 is 1.21 bits per heavy atom. The van der Waals surface area contributed by atoms with Crippen molar-refractivity contribution in [3.63, 3.8) is 0 Å². The van der Waals surface area contributed by atoms with E-state index in [-0.39, 0.29) is 39.4 Å². The Balaban J connectivity index is 1.93. The highest BCUT2D eigenvalue weighted by molar-refractivity contribution is 5.87. The molecule has 228 valence electrons. The summed E-state index contributed by atoms with van der Waals surface area (Å²) in [5.41, 5.74) is 0.726. The number of benzene rings is 2. The fourth-order valence-electron chi connectivity index (χ4n) is 3.45. The van der Waals surface area contributed by atoms with Gasteiger partial charge in [-0.05, 0) is 31.9 Å². The van der Waals surface area contributed by atoms with Crippen molar-refractivity contribution in [1.82, 2.24) is 20.9 Å². The average Bonchev–Trinajstić information content (AvgIpc) is 2.93. The second-order valence-corrected chi connectivity index (χ2v) is 10.1. The van der Waals surface area contributed by atoms with Gasteiger partial charge in [0.05, 0.1) is 6.42 Å². The average molecular weight is 587 g/mol. The molecule has 1 atom stereocenters. The zero-order valence-electron chi connectivity index (χ0n) is 24.0. The molecular weight excluding hydrogens is 548 g/mol. The number of rotatable bonds is 14. The Morgan fingerprint density at radius 1 is 0.762 bits per heavy atom. The highest BCUT2D eigenvalue weighted by atomic mass is 16.6. The highest BCUT2D eigenvalue weighted by Crippen LogP contribution is 2.08. The molecule has 2 rings (SSSR count).